The zero-order valence-electron chi connectivity index (χ0n) is 21.4. The van der Waals surface area contributed by atoms with Gasteiger partial charge in [0.2, 0.25) is 11.8 Å². The number of carboxylic acid groups (broad SMARTS) is 1. The summed E-state index contributed by atoms with van der Waals surface area (Å²) in [5.74, 6) is 0.899. The van der Waals surface area contributed by atoms with Crippen molar-refractivity contribution in [3.63, 3.8) is 0 Å². The van der Waals surface area contributed by atoms with E-state index in [1.807, 2.05) is 14.0 Å². The largest absolute Gasteiger partial charge is 0.487 e. The van der Waals surface area contributed by atoms with Gasteiger partial charge in [0, 0.05) is 26.4 Å². The van der Waals surface area contributed by atoms with Crippen LogP contribution in [0.4, 0.5) is 5.95 Å². The van der Waals surface area contributed by atoms with E-state index >= 15 is 0 Å². The van der Waals surface area contributed by atoms with Gasteiger partial charge < -0.3 is 24.6 Å². The Balaban J connectivity index is 1.47. The van der Waals surface area contributed by atoms with Gasteiger partial charge in [0.05, 0.1) is 54.5 Å². The number of aliphatic carboxylic acids is 1. The average molecular weight is 512 g/mol. The molecule has 0 aromatic carbocycles. The minimum Gasteiger partial charge on any atom is -0.487 e. The van der Waals surface area contributed by atoms with Crippen molar-refractivity contribution >= 4 is 11.9 Å². The summed E-state index contributed by atoms with van der Waals surface area (Å²) in [4.78, 5) is 29.4. The highest BCUT2D eigenvalue weighted by Gasteiger charge is 2.29. The SMILES string of the molecule is CCc1nc(-c2cnn(C)c2CNc2nccc(OCCOC)n2)ncc1O[C@H]1CCC[C@H](C(=O)O)C1. The molecule has 0 aliphatic heterocycles. The molecule has 0 unspecified atom stereocenters. The molecule has 0 spiro atoms. The van der Waals surface area contributed by atoms with Crippen LogP contribution in [0.5, 0.6) is 11.6 Å². The van der Waals surface area contributed by atoms with Crippen LogP contribution in [0.3, 0.4) is 0 Å². The Kier molecular flexibility index (Phi) is 8.83. The molecule has 0 amide bonds. The highest BCUT2D eigenvalue weighted by molar-refractivity contribution is 5.70. The molecule has 3 aromatic rings. The fourth-order valence-electron chi connectivity index (χ4n) is 4.30. The minimum absolute atomic E-state index is 0.151. The third-order valence-corrected chi connectivity index (χ3v) is 6.32. The van der Waals surface area contributed by atoms with Crippen molar-refractivity contribution in [1.82, 2.24) is 29.7 Å². The number of aromatic nitrogens is 6. The fourth-order valence-corrected chi connectivity index (χ4v) is 4.30. The highest BCUT2D eigenvalue weighted by atomic mass is 16.5. The van der Waals surface area contributed by atoms with Crippen LogP contribution in [0.15, 0.2) is 24.7 Å². The molecule has 0 saturated heterocycles. The van der Waals surface area contributed by atoms with Gasteiger partial charge in [-0.3, -0.25) is 9.48 Å². The van der Waals surface area contributed by atoms with E-state index in [0.29, 0.717) is 62.4 Å². The van der Waals surface area contributed by atoms with E-state index in [1.165, 1.54) is 0 Å². The lowest BCUT2D eigenvalue weighted by atomic mass is 9.87. The molecule has 12 nitrogen and oxygen atoms in total. The van der Waals surface area contributed by atoms with Crippen LogP contribution in [-0.4, -0.2) is 67.2 Å². The summed E-state index contributed by atoms with van der Waals surface area (Å²) in [6.45, 7) is 3.27. The molecule has 1 saturated carbocycles. The molecule has 0 bridgehead atoms. The molecule has 3 heterocycles. The van der Waals surface area contributed by atoms with Gasteiger partial charge >= 0.3 is 5.97 Å². The molecular weight excluding hydrogens is 478 g/mol. The summed E-state index contributed by atoms with van der Waals surface area (Å²) in [6, 6.07) is 1.69. The van der Waals surface area contributed by atoms with Crippen molar-refractivity contribution in [1.29, 1.82) is 0 Å². The van der Waals surface area contributed by atoms with Crippen LogP contribution < -0.4 is 14.8 Å². The van der Waals surface area contributed by atoms with E-state index in [-0.39, 0.29) is 12.0 Å². The number of carboxylic acids is 1. The number of ether oxygens (including phenoxy) is 3. The maximum Gasteiger partial charge on any atom is 0.306 e. The summed E-state index contributed by atoms with van der Waals surface area (Å²) in [7, 11) is 3.47. The smallest absolute Gasteiger partial charge is 0.306 e. The van der Waals surface area contributed by atoms with Crippen LogP contribution >= 0.6 is 0 Å². The summed E-state index contributed by atoms with van der Waals surface area (Å²) in [5.41, 5.74) is 2.42. The number of hydrogen-bond donors (Lipinski definition) is 2. The van der Waals surface area contributed by atoms with Gasteiger partial charge in [-0.25, -0.2) is 15.0 Å². The van der Waals surface area contributed by atoms with Crippen LogP contribution in [0.2, 0.25) is 0 Å². The van der Waals surface area contributed by atoms with Crippen molar-refractivity contribution in [2.75, 3.05) is 25.6 Å². The van der Waals surface area contributed by atoms with E-state index < -0.39 is 5.97 Å². The lowest BCUT2D eigenvalue weighted by molar-refractivity contribution is -0.143. The van der Waals surface area contributed by atoms with Gasteiger partial charge in [-0.15, -0.1) is 0 Å². The number of anilines is 1. The van der Waals surface area contributed by atoms with Gasteiger partial charge in [0.1, 0.15) is 6.61 Å². The van der Waals surface area contributed by atoms with Gasteiger partial charge in [-0.05, 0) is 32.1 Å². The van der Waals surface area contributed by atoms with Gasteiger partial charge in [0.15, 0.2) is 11.6 Å². The highest BCUT2D eigenvalue weighted by Crippen LogP contribution is 2.30. The van der Waals surface area contributed by atoms with Crippen molar-refractivity contribution < 1.29 is 24.1 Å². The topological polar surface area (TPSA) is 146 Å². The first kappa shape index (κ1) is 26.3. The molecule has 0 radical (unpaired) electrons. The predicted molar refractivity (Wildman–Crippen MR) is 134 cm³/mol. The number of methoxy groups -OCH3 is 1. The molecule has 2 N–H and O–H groups in total. The Hall–Kier alpha value is -3.80. The van der Waals surface area contributed by atoms with Crippen molar-refractivity contribution in [3.05, 3.63) is 36.0 Å². The third kappa shape index (κ3) is 6.70. The second-order valence-corrected chi connectivity index (χ2v) is 8.84. The normalized spacial score (nSPS) is 17.4. The number of nitrogens with one attached hydrogen (secondary N) is 1. The van der Waals surface area contributed by atoms with Crippen LogP contribution in [0.25, 0.3) is 11.4 Å². The van der Waals surface area contributed by atoms with Crippen molar-refractivity contribution in [2.24, 2.45) is 13.0 Å². The van der Waals surface area contributed by atoms with Crippen LogP contribution in [-0.2, 0) is 29.5 Å². The van der Waals surface area contributed by atoms with Gasteiger partial charge in [-0.1, -0.05) is 6.92 Å². The average Bonchev–Trinajstić information content (AvgIpc) is 3.28. The number of carbonyl (C=O) groups is 1. The number of nitrogens with zero attached hydrogens (tertiary/aromatic N) is 6. The van der Waals surface area contributed by atoms with Gasteiger partial charge in [-0.2, -0.15) is 10.1 Å². The molecule has 37 heavy (non-hydrogen) atoms. The number of aryl methyl sites for hydroxylation is 2. The van der Waals surface area contributed by atoms with E-state index in [0.717, 1.165) is 29.8 Å². The predicted octanol–water partition coefficient (Wildman–Crippen LogP) is 2.89. The Morgan fingerprint density at radius 1 is 1.22 bits per heavy atom. The first-order chi connectivity index (χ1) is 18.0. The van der Waals surface area contributed by atoms with E-state index in [9.17, 15) is 9.90 Å². The van der Waals surface area contributed by atoms with E-state index in [2.05, 4.69) is 25.4 Å². The first-order valence-corrected chi connectivity index (χ1v) is 12.4. The second kappa shape index (κ2) is 12.4. The van der Waals surface area contributed by atoms with E-state index in [1.54, 1.807) is 36.4 Å². The summed E-state index contributed by atoms with van der Waals surface area (Å²) < 4.78 is 18.5. The molecule has 1 aliphatic rings. The Labute approximate surface area is 215 Å². The maximum absolute atomic E-state index is 11.4. The number of rotatable bonds is 12. The summed E-state index contributed by atoms with van der Waals surface area (Å²) >= 11 is 0. The molecule has 198 valence electrons. The zero-order valence-corrected chi connectivity index (χ0v) is 21.4. The number of hydrogen-bond acceptors (Lipinski definition) is 10. The van der Waals surface area contributed by atoms with Crippen molar-refractivity contribution in [2.45, 2.75) is 51.7 Å². The third-order valence-electron chi connectivity index (χ3n) is 6.32. The van der Waals surface area contributed by atoms with E-state index in [4.69, 9.17) is 19.2 Å². The lowest BCUT2D eigenvalue weighted by Crippen LogP contribution is -2.29. The fraction of sp³-hybridized carbons (Fsp3) is 0.520. The second-order valence-electron chi connectivity index (χ2n) is 8.84. The summed E-state index contributed by atoms with van der Waals surface area (Å²) in [5, 5.41) is 17.0. The van der Waals surface area contributed by atoms with Crippen LogP contribution in [0.1, 0.15) is 44.0 Å². The molecular formula is C25H33N7O5. The Bertz CT molecular complexity index is 1200. The molecule has 1 aliphatic carbocycles. The maximum atomic E-state index is 11.4. The lowest BCUT2D eigenvalue weighted by Gasteiger charge is -2.27. The molecule has 3 aromatic heterocycles. The zero-order chi connectivity index (χ0) is 26.2. The molecule has 1 fully saturated rings. The van der Waals surface area contributed by atoms with Gasteiger partial charge in [0.25, 0.3) is 0 Å². The standard InChI is InChI=1S/C25H33N7O5/c1-4-19-21(37-17-7-5-6-16(12-17)24(33)34)15-27-23(30-19)18-13-29-32(2)20(18)14-28-25-26-9-8-22(31-25)36-11-10-35-3/h8-9,13,15-17H,4-7,10-12,14H2,1-3H3,(H,33,34)(H,26,28,31)/t16-,17-/m0/s1. The quantitative estimate of drug-likeness (QED) is 0.346. The summed E-state index contributed by atoms with van der Waals surface area (Å²) in [6.07, 6.45) is 8.39. The molecule has 4 rings (SSSR count). The minimum atomic E-state index is -0.760. The Morgan fingerprint density at radius 2 is 2.08 bits per heavy atom. The Morgan fingerprint density at radius 3 is 2.86 bits per heavy atom. The van der Waals surface area contributed by atoms with Crippen molar-refractivity contribution in [3.8, 4) is 23.0 Å². The van der Waals surface area contributed by atoms with Crippen LogP contribution in [0, 0.1) is 5.92 Å². The monoisotopic (exact) mass is 511 g/mol. The molecule has 2 atom stereocenters. The first-order valence-electron chi connectivity index (χ1n) is 12.4. The molecule has 12 heteroatoms.